The van der Waals surface area contributed by atoms with Crippen LogP contribution in [0.5, 0.6) is 0 Å². The molecule has 3 rings (SSSR count). The maximum Gasteiger partial charge on any atom is 0.0981 e. The number of rotatable bonds is 2. The zero-order valence-corrected chi connectivity index (χ0v) is 11.8. The lowest BCUT2D eigenvalue weighted by molar-refractivity contribution is 0.841. The van der Waals surface area contributed by atoms with Crippen LogP contribution in [0.4, 0.5) is 11.4 Å². The van der Waals surface area contributed by atoms with E-state index in [1.165, 1.54) is 0 Å². The first kappa shape index (κ1) is 13.3. The van der Waals surface area contributed by atoms with Crippen molar-refractivity contribution in [3.05, 3.63) is 72.4 Å². The molecular formula is C18H17N3. The quantitative estimate of drug-likeness (QED) is 0.841. The van der Waals surface area contributed by atoms with E-state index in [2.05, 4.69) is 40.1 Å². The number of benzene rings is 2. The number of hydrogen-bond donors (Lipinski definition) is 0. The molecule has 0 saturated heterocycles. The van der Waals surface area contributed by atoms with Crippen LogP contribution in [-0.4, -0.2) is 19.6 Å². The highest BCUT2D eigenvalue weighted by Gasteiger charge is 2.16. The predicted octanol–water partition coefficient (Wildman–Crippen LogP) is 3.42. The van der Waals surface area contributed by atoms with Crippen LogP contribution in [-0.2, 0) is 0 Å². The van der Waals surface area contributed by atoms with Crippen molar-refractivity contribution in [1.29, 1.82) is 5.26 Å². The Morgan fingerprint density at radius 2 is 1.43 bits per heavy atom. The smallest absolute Gasteiger partial charge is 0.0981 e. The number of nitriles is 1. The van der Waals surface area contributed by atoms with Gasteiger partial charge in [-0.1, -0.05) is 36.4 Å². The second-order valence-electron chi connectivity index (χ2n) is 5.05. The Hall–Kier alpha value is -2.73. The lowest BCUT2D eigenvalue weighted by atomic mass is 10.2. The highest BCUT2D eigenvalue weighted by atomic mass is 15.2. The molecule has 104 valence electrons. The SMILES string of the molecule is N#CC1=CN(c2ccccc2)CCN(c2ccccc2)C1. The van der Waals surface area contributed by atoms with Crippen molar-refractivity contribution >= 4 is 11.4 Å². The van der Waals surface area contributed by atoms with E-state index in [0.717, 1.165) is 30.0 Å². The minimum absolute atomic E-state index is 0.657. The summed E-state index contributed by atoms with van der Waals surface area (Å²) in [6, 6.07) is 22.8. The molecule has 1 heterocycles. The molecule has 3 heteroatoms. The summed E-state index contributed by atoms with van der Waals surface area (Å²) in [5.74, 6) is 0. The fourth-order valence-electron chi connectivity index (χ4n) is 2.55. The molecular weight excluding hydrogens is 258 g/mol. The van der Waals surface area contributed by atoms with E-state index in [1.54, 1.807) is 0 Å². The minimum atomic E-state index is 0.657. The molecule has 2 aromatic carbocycles. The summed E-state index contributed by atoms with van der Waals surface area (Å²) in [7, 11) is 0. The molecule has 2 aromatic rings. The molecule has 0 amide bonds. The molecule has 1 aliphatic heterocycles. The lowest BCUT2D eigenvalue weighted by Crippen LogP contribution is -2.30. The molecule has 0 bridgehead atoms. The van der Waals surface area contributed by atoms with E-state index in [0.29, 0.717) is 6.54 Å². The summed E-state index contributed by atoms with van der Waals surface area (Å²) in [6.45, 7) is 2.41. The van der Waals surface area contributed by atoms with E-state index in [1.807, 2.05) is 42.6 Å². The summed E-state index contributed by atoms with van der Waals surface area (Å²) >= 11 is 0. The molecule has 21 heavy (non-hydrogen) atoms. The van der Waals surface area contributed by atoms with Crippen LogP contribution in [0.2, 0.25) is 0 Å². The van der Waals surface area contributed by atoms with Crippen LogP contribution in [0.25, 0.3) is 0 Å². The van der Waals surface area contributed by atoms with Gasteiger partial charge in [-0.05, 0) is 24.3 Å². The topological polar surface area (TPSA) is 30.3 Å². The van der Waals surface area contributed by atoms with E-state index < -0.39 is 0 Å². The largest absolute Gasteiger partial charge is 0.365 e. The Morgan fingerprint density at radius 3 is 2.05 bits per heavy atom. The highest BCUT2D eigenvalue weighted by Crippen LogP contribution is 2.21. The Balaban J connectivity index is 1.86. The predicted molar refractivity (Wildman–Crippen MR) is 86.1 cm³/mol. The van der Waals surface area contributed by atoms with Crippen LogP contribution in [0.15, 0.2) is 72.4 Å². The van der Waals surface area contributed by atoms with Gasteiger partial charge in [0.2, 0.25) is 0 Å². The standard InChI is InChI=1S/C18H17N3/c19-13-16-14-20(17-7-3-1-4-8-17)11-12-21(15-16)18-9-5-2-6-10-18/h1-10,14H,11-12,15H2. The number of para-hydroxylation sites is 2. The minimum Gasteiger partial charge on any atom is -0.365 e. The van der Waals surface area contributed by atoms with Gasteiger partial charge in [-0.15, -0.1) is 0 Å². The third-order valence-corrected chi connectivity index (χ3v) is 3.64. The van der Waals surface area contributed by atoms with Gasteiger partial charge < -0.3 is 9.80 Å². The molecule has 0 spiro atoms. The molecule has 0 saturated carbocycles. The van der Waals surface area contributed by atoms with Crippen LogP contribution >= 0.6 is 0 Å². The Labute approximate surface area is 125 Å². The van der Waals surface area contributed by atoms with Gasteiger partial charge in [0.1, 0.15) is 0 Å². The van der Waals surface area contributed by atoms with Gasteiger partial charge in [-0.3, -0.25) is 0 Å². The molecule has 0 unspecified atom stereocenters. The van der Waals surface area contributed by atoms with Crippen molar-refractivity contribution in [2.75, 3.05) is 29.4 Å². The zero-order valence-electron chi connectivity index (χ0n) is 11.8. The molecule has 1 aliphatic rings. The van der Waals surface area contributed by atoms with Crippen molar-refractivity contribution in [3.8, 4) is 6.07 Å². The average Bonchev–Trinajstić information content (AvgIpc) is 2.79. The van der Waals surface area contributed by atoms with Crippen molar-refractivity contribution in [3.63, 3.8) is 0 Å². The summed E-state index contributed by atoms with van der Waals surface area (Å²) in [5, 5.41) is 9.37. The Morgan fingerprint density at radius 1 is 0.810 bits per heavy atom. The van der Waals surface area contributed by atoms with Gasteiger partial charge in [0, 0.05) is 30.7 Å². The first-order valence-electron chi connectivity index (χ1n) is 7.09. The molecule has 0 N–H and O–H groups in total. The molecule has 0 atom stereocenters. The monoisotopic (exact) mass is 275 g/mol. The fourth-order valence-corrected chi connectivity index (χ4v) is 2.55. The summed E-state index contributed by atoms with van der Waals surface area (Å²) in [6.07, 6.45) is 1.97. The van der Waals surface area contributed by atoms with Crippen LogP contribution in [0.3, 0.4) is 0 Å². The normalized spacial score (nSPS) is 15.1. The number of anilines is 2. The third-order valence-electron chi connectivity index (χ3n) is 3.64. The first-order chi connectivity index (χ1) is 10.4. The van der Waals surface area contributed by atoms with E-state index in [-0.39, 0.29) is 0 Å². The molecule has 0 fully saturated rings. The summed E-state index contributed by atoms with van der Waals surface area (Å²) < 4.78 is 0. The summed E-state index contributed by atoms with van der Waals surface area (Å²) in [5.41, 5.74) is 3.06. The van der Waals surface area contributed by atoms with Gasteiger partial charge in [-0.25, -0.2) is 0 Å². The molecule has 0 aromatic heterocycles. The Bertz CT molecular complexity index is 656. The second kappa shape index (κ2) is 6.15. The van der Waals surface area contributed by atoms with E-state index in [4.69, 9.17) is 0 Å². The molecule has 3 nitrogen and oxygen atoms in total. The molecule has 0 aliphatic carbocycles. The van der Waals surface area contributed by atoms with Gasteiger partial charge in [0.05, 0.1) is 18.2 Å². The van der Waals surface area contributed by atoms with Crippen molar-refractivity contribution < 1.29 is 0 Å². The van der Waals surface area contributed by atoms with Gasteiger partial charge in [-0.2, -0.15) is 5.26 Å². The van der Waals surface area contributed by atoms with Crippen molar-refractivity contribution in [1.82, 2.24) is 0 Å². The zero-order chi connectivity index (χ0) is 14.5. The number of hydrogen-bond acceptors (Lipinski definition) is 3. The second-order valence-corrected chi connectivity index (χ2v) is 5.05. The van der Waals surface area contributed by atoms with Crippen molar-refractivity contribution in [2.45, 2.75) is 0 Å². The van der Waals surface area contributed by atoms with Crippen LogP contribution < -0.4 is 9.80 Å². The number of nitrogens with zero attached hydrogens (tertiary/aromatic N) is 3. The Kier molecular flexibility index (Phi) is 3.88. The molecule has 0 radical (unpaired) electrons. The van der Waals surface area contributed by atoms with Crippen LogP contribution in [0, 0.1) is 11.3 Å². The van der Waals surface area contributed by atoms with Crippen molar-refractivity contribution in [2.24, 2.45) is 0 Å². The lowest BCUT2D eigenvalue weighted by Gasteiger charge is -2.24. The van der Waals surface area contributed by atoms with Gasteiger partial charge >= 0.3 is 0 Å². The average molecular weight is 275 g/mol. The highest BCUT2D eigenvalue weighted by molar-refractivity contribution is 5.55. The van der Waals surface area contributed by atoms with Crippen LogP contribution in [0.1, 0.15) is 0 Å². The van der Waals surface area contributed by atoms with E-state index >= 15 is 0 Å². The van der Waals surface area contributed by atoms with Gasteiger partial charge in [0.15, 0.2) is 0 Å². The maximum absolute atomic E-state index is 9.37. The van der Waals surface area contributed by atoms with E-state index in [9.17, 15) is 5.26 Å². The van der Waals surface area contributed by atoms with Gasteiger partial charge in [0.25, 0.3) is 0 Å². The fraction of sp³-hybridized carbons (Fsp3) is 0.167. The third kappa shape index (κ3) is 3.06. The first-order valence-corrected chi connectivity index (χ1v) is 7.09. The maximum atomic E-state index is 9.37. The summed E-state index contributed by atoms with van der Waals surface area (Å²) in [4.78, 5) is 4.40.